The van der Waals surface area contributed by atoms with Gasteiger partial charge in [0.05, 0.1) is 0 Å². The zero-order valence-electron chi connectivity index (χ0n) is 11.6. The minimum atomic E-state index is -0.0923. The molecule has 1 aromatic carbocycles. The van der Waals surface area contributed by atoms with Crippen molar-refractivity contribution in [2.75, 3.05) is 0 Å². The molecular weight excluding hydrogens is 237 g/mol. The predicted octanol–water partition coefficient (Wildman–Crippen LogP) is 4.52. The number of rotatable bonds is 2. The van der Waals surface area contributed by atoms with E-state index in [9.17, 15) is 4.39 Å². The van der Waals surface area contributed by atoms with E-state index >= 15 is 0 Å². The number of hydrogen-bond donors (Lipinski definition) is 1. The zero-order valence-corrected chi connectivity index (χ0v) is 11.6. The fraction of sp³-hybridized carbons (Fsp3) is 0.647. The lowest BCUT2D eigenvalue weighted by Crippen LogP contribution is -2.32. The molecule has 2 heteroatoms. The third-order valence-corrected chi connectivity index (χ3v) is 4.72. The van der Waals surface area contributed by atoms with Crippen LogP contribution in [0.3, 0.4) is 0 Å². The Balaban J connectivity index is 1.64. The van der Waals surface area contributed by atoms with Crippen LogP contribution in [0, 0.1) is 5.82 Å². The van der Waals surface area contributed by atoms with Crippen LogP contribution >= 0.6 is 0 Å². The van der Waals surface area contributed by atoms with E-state index in [-0.39, 0.29) is 5.82 Å². The summed E-state index contributed by atoms with van der Waals surface area (Å²) < 4.78 is 13.2. The quantitative estimate of drug-likeness (QED) is 0.825. The van der Waals surface area contributed by atoms with Gasteiger partial charge < -0.3 is 5.32 Å². The Labute approximate surface area is 115 Å². The first kappa shape index (κ1) is 13.1. The van der Waals surface area contributed by atoms with Crippen molar-refractivity contribution in [1.82, 2.24) is 5.32 Å². The predicted molar refractivity (Wildman–Crippen MR) is 76.7 cm³/mol. The highest BCUT2D eigenvalue weighted by Gasteiger charge is 2.25. The zero-order chi connectivity index (χ0) is 13.1. The number of hydrogen-bond acceptors (Lipinski definition) is 1. The van der Waals surface area contributed by atoms with E-state index < -0.39 is 0 Å². The summed E-state index contributed by atoms with van der Waals surface area (Å²) in [6.45, 7) is 0. The molecule has 1 saturated carbocycles. The molecule has 1 atom stereocenters. The Hall–Kier alpha value is -0.890. The molecule has 2 aliphatic carbocycles. The Kier molecular flexibility index (Phi) is 4.17. The maximum absolute atomic E-state index is 13.2. The average molecular weight is 261 g/mol. The van der Waals surface area contributed by atoms with Crippen molar-refractivity contribution in [2.24, 2.45) is 0 Å². The van der Waals surface area contributed by atoms with Gasteiger partial charge in [-0.15, -0.1) is 0 Å². The van der Waals surface area contributed by atoms with Gasteiger partial charge in [0, 0.05) is 12.1 Å². The first-order chi connectivity index (χ1) is 9.33. The van der Waals surface area contributed by atoms with Gasteiger partial charge in [-0.25, -0.2) is 4.39 Å². The minimum absolute atomic E-state index is 0.0923. The van der Waals surface area contributed by atoms with Gasteiger partial charge >= 0.3 is 0 Å². The van der Waals surface area contributed by atoms with Crippen LogP contribution in [0.4, 0.5) is 4.39 Å². The Bertz CT molecular complexity index is 421. The monoisotopic (exact) mass is 261 g/mol. The van der Waals surface area contributed by atoms with Crippen LogP contribution in [-0.2, 0) is 6.42 Å². The molecule has 0 radical (unpaired) electrons. The van der Waals surface area contributed by atoms with Gasteiger partial charge in [-0.3, -0.25) is 0 Å². The summed E-state index contributed by atoms with van der Waals surface area (Å²) in [6.07, 6.45) is 11.7. The summed E-state index contributed by atoms with van der Waals surface area (Å²) in [5.41, 5.74) is 2.55. The van der Waals surface area contributed by atoms with Crippen LogP contribution in [0.1, 0.15) is 68.5 Å². The maximum Gasteiger partial charge on any atom is 0.123 e. The number of halogens is 1. The fourth-order valence-corrected chi connectivity index (χ4v) is 3.67. The van der Waals surface area contributed by atoms with Crippen molar-refractivity contribution in [3.63, 3.8) is 0 Å². The summed E-state index contributed by atoms with van der Waals surface area (Å²) in [6, 6.07) is 6.44. The third kappa shape index (κ3) is 3.17. The van der Waals surface area contributed by atoms with E-state index in [0.717, 1.165) is 12.8 Å². The maximum atomic E-state index is 13.2. The van der Waals surface area contributed by atoms with E-state index in [4.69, 9.17) is 0 Å². The average Bonchev–Trinajstić information content (AvgIpc) is 2.74. The van der Waals surface area contributed by atoms with E-state index in [1.54, 1.807) is 12.1 Å². The number of benzene rings is 1. The molecular formula is C17H24FN. The molecule has 19 heavy (non-hydrogen) atoms. The second kappa shape index (κ2) is 6.04. The Morgan fingerprint density at radius 1 is 0.947 bits per heavy atom. The van der Waals surface area contributed by atoms with Crippen LogP contribution in [0.5, 0.6) is 0 Å². The van der Waals surface area contributed by atoms with Gasteiger partial charge in [0.15, 0.2) is 0 Å². The summed E-state index contributed by atoms with van der Waals surface area (Å²) in [5, 5.41) is 3.84. The fourth-order valence-electron chi connectivity index (χ4n) is 3.67. The highest BCUT2D eigenvalue weighted by Crippen LogP contribution is 2.33. The van der Waals surface area contributed by atoms with Gasteiger partial charge in [0.25, 0.3) is 0 Å². The Morgan fingerprint density at radius 2 is 1.68 bits per heavy atom. The SMILES string of the molecule is Fc1ccc2c(c1)CCC2NC1CCCCCCC1. The topological polar surface area (TPSA) is 12.0 Å². The highest BCUT2D eigenvalue weighted by atomic mass is 19.1. The molecule has 1 unspecified atom stereocenters. The summed E-state index contributed by atoms with van der Waals surface area (Å²) >= 11 is 0. The molecule has 0 amide bonds. The van der Waals surface area contributed by atoms with Crippen LogP contribution in [0.25, 0.3) is 0 Å². The molecule has 3 rings (SSSR count). The molecule has 1 aromatic rings. The molecule has 0 aliphatic heterocycles. The lowest BCUT2D eigenvalue weighted by Gasteiger charge is -2.25. The molecule has 1 nitrogen and oxygen atoms in total. The minimum Gasteiger partial charge on any atom is -0.307 e. The van der Waals surface area contributed by atoms with Crippen molar-refractivity contribution in [2.45, 2.75) is 69.9 Å². The molecule has 1 N–H and O–H groups in total. The van der Waals surface area contributed by atoms with Gasteiger partial charge in [-0.05, 0) is 48.9 Å². The molecule has 0 saturated heterocycles. The van der Waals surface area contributed by atoms with Gasteiger partial charge in [-0.2, -0.15) is 0 Å². The second-order valence-electron chi connectivity index (χ2n) is 6.14. The summed E-state index contributed by atoms with van der Waals surface area (Å²) in [5.74, 6) is -0.0923. The van der Waals surface area contributed by atoms with Crippen molar-refractivity contribution in [1.29, 1.82) is 0 Å². The highest BCUT2D eigenvalue weighted by molar-refractivity contribution is 5.35. The van der Waals surface area contributed by atoms with Gasteiger partial charge in [-0.1, -0.05) is 38.2 Å². The number of nitrogens with one attached hydrogen (secondary N) is 1. The number of aryl methyl sites for hydroxylation is 1. The normalized spacial score (nSPS) is 24.8. The lowest BCUT2D eigenvalue weighted by atomic mass is 9.95. The van der Waals surface area contributed by atoms with Crippen LogP contribution in [0.2, 0.25) is 0 Å². The molecule has 0 spiro atoms. The largest absolute Gasteiger partial charge is 0.307 e. The van der Waals surface area contributed by atoms with Crippen LogP contribution in [-0.4, -0.2) is 6.04 Å². The molecule has 104 valence electrons. The van der Waals surface area contributed by atoms with Crippen molar-refractivity contribution >= 4 is 0 Å². The summed E-state index contributed by atoms with van der Waals surface area (Å²) in [7, 11) is 0. The van der Waals surface area contributed by atoms with E-state index in [0.29, 0.717) is 12.1 Å². The first-order valence-corrected chi connectivity index (χ1v) is 7.87. The molecule has 2 aliphatic rings. The van der Waals surface area contributed by atoms with Crippen molar-refractivity contribution in [3.05, 3.63) is 35.1 Å². The molecule has 0 bridgehead atoms. The first-order valence-electron chi connectivity index (χ1n) is 7.87. The Morgan fingerprint density at radius 3 is 2.47 bits per heavy atom. The van der Waals surface area contributed by atoms with Gasteiger partial charge in [0.1, 0.15) is 5.82 Å². The molecule has 0 aromatic heterocycles. The standard InChI is InChI=1S/C17H24FN/c18-14-9-10-16-13(12-14)8-11-17(16)19-15-6-4-2-1-3-5-7-15/h9-10,12,15,17,19H,1-8,11H2. The van der Waals surface area contributed by atoms with E-state index in [1.165, 1.54) is 56.1 Å². The molecule has 1 fully saturated rings. The van der Waals surface area contributed by atoms with E-state index in [2.05, 4.69) is 5.32 Å². The van der Waals surface area contributed by atoms with Crippen LogP contribution in [0.15, 0.2) is 18.2 Å². The lowest BCUT2D eigenvalue weighted by molar-refractivity contribution is 0.352. The van der Waals surface area contributed by atoms with Crippen molar-refractivity contribution in [3.8, 4) is 0 Å². The van der Waals surface area contributed by atoms with Gasteiger partial charge in [0.2, 0.25) is 0 Å². The third-order valence-electron chi connectivity index (χ3n) is 4.72. The number of fused-ring (bicyclic) bond motifs is 1. The second-order valence-corrected chi connectivity index (χ2v) is 6.14. The summed E-state index contributed by atoms with van der Waals surface area (Å²) in [4.78, 5) is 0. The van der Waals surface area contributed by atoms with E-state index in [1.807, 2.05) is 6.07 Å². The van der Waals surface area contributed by atoms with Crippen LogP contribution < -0.4 is 5.32 Å². The molecule has 0 heterocycles. The smallest absolute Gasteiger partial charge is 0.123 e. The van der Waals surface area contributed by atoms with Crippen molar-refractivity contribution < 1.29 is 4.39 Å².